The van der Waals surface area contributed by atoms with Gasteiger partial charge in [-0.25, -0.2) is 10.2 Å². The van der Waals surface area contributed by atoms with Gasteiger partial charge < -0.3 is 4.74 Å². The molecular formula is C5H4Br2N2O3. The van der Waals surface area contributed by atoms with Gasteiger partial charge in [-0.05, 0) is 0 Å². The van der Waals surface area contributed by atoms with Gasteiger partial charge in [0.15, 0.2) is 5.71 Å². The molecule has 1 rings (SSSR count). The molecule has 7 heteroatoms. The van der Waals surface area contributed by atoms with Gasteiger partial charge in [0.25, 0.3) is 5.91 Å². The second kappa shape index (κ2) is 3.14. The summed E-state index contributed by atoms with van der Waals surface area (Å²) in [5.74, 6) is -1.12. The van der Waals surface area contributed by atoms with Crippen molar-refractivity contribution in [1.29, 1.82) is 0 Å². The maximum atomic E-state index is 11.0. The molecule has 0 spiro atoms. The third-order valence-electron chi connectivity index (χ3n) is 1.23. The van der Waals surface area contributed by atoms with Crippen LogP contribution in [0.1, 0.15) is 0 Å². The Morgan fingerprint density at radius 1 is 1.67 bits per heavy atom. The zero-order valence-electron chi connectivity index (χ0n) is 5.93. The van der Waals surface area contributed by atoms with Crippen LogP contribution < -0.4 is 5.43 Å². The molecule has 0 saturated carbocycles. The number of nitrogens with zero attached hydrogens (tertiary/aromatic N) is 1. The van der Waals surface area contributed by atoms with Crippen molar-refractivity contribution in [3.05, 3.63) is 0 Å². The Balaban J connectivity index is 2.94. The van der Waals surface area contributed by atoms with Crippen molar-refractivity contribution in [2.24, 2.45) is 5.10 Å². The molecule has 1 aliphatic heterocycles. The lowest BCUT2D eigenvalue weighted by molar-refractivity contribution is -0.133. The molecule has 0 saturated heterocycles. The molecule has 1 amide bonds. The highest BCUT2D eigenvalue weighted by atomic mass is 79.9. The van der Waals surface area contributed by atoms with E-state index in [2.05, 4.69) is 47.1 Å². The Morgan fingerprint density at radius 2 is 2.25 bits per heavy atom. The van der Waals surface area contributed by atoms with Crippen molar-refractivity contribution >= 4 is 49.4 Å². The van der Waals surface area contributed by atoms with Crippen LogP contribution >= 0.6 is 31.9 Å². The quantitative estimate of drug-likeness (QED) is 0.553. The molecule has 0 aliphatic carbocycles. The Bertz CT molecular complexity index is 274. The number of ether oxygens (including phenoxy) is 1. The first-order valence-electron chi connectivity index (χ1n) is 2.85. The van der Waals surface area contributed by atoms with Gasteiger partial charge >= 0.3 is 5.97 Å². The van der Waals surface area contributed by atoms with Gasteiger partial charge in [-0.3, -0.25) is 4.79 Å². The SMILES string of the molecule is COC(=O)C1=NNC(=O)C1(Br)Br. The predicted molar refractivity (Wildman–Crippen MR) is 48.2 cm³/mol. The third-order valence-corrected chi connectivity index (χ3v) is 2.70. The number of hydrogen-bond acceptors (Lipinski definition) is 4. The lowest BCUT2D eigenvalue weighted by atomic mass is 10.3. The molecule has 0 fully saturated rings. The predicted octanol–water partition coefficient (Wildman–Crippen LogP) is 0.131. The number of carbonyl (C=O) groups is 2. The molecule has 0 unspecified atom stereocenters. The molecule has 0 aromatic rings. The number of carbonyl (C=O) groups excluding carboxylic acids is 2. The van der Waals surface area contributed by atoms with Crippen molar-refractivity contribution in [2.75, 3.05) is 7.11 Å². The summed E-state index contributed by atoms with van der Waals surface area (Å²) in [4.78, 5) is 22.0. The molecular weight excluding hydrogens is 296 g/mol. The summed E-state index contributed by atoms with van der Waals surface area (Å²) < 4.78 is 3.14. The number of methoxy groups -OCH3 is 1. The lowest BCUT2D eigenvalue weighted by Crippen LogP contribution is -2.37. The summed E-state index contributed by atoms with van der Waals surface area (Å²) >= 11 is 5.98. The summed E-state index contributed by atoms with van der Waals surface area (Å²) in [6.45, 7) is 0. The molecule has 0 aromatic heterocycles. The number of halogens is 2. The van der Waals surface area contributed by atoms with E-state index in [1.807, 2.05) is 0 Å². The highest BCUT2D eigenvalue weighted by Gasteiger charge is 2.47. The van der Waals surface area contributed by atoms with E-state index in [1.54, 1.807) is 0 Å². The van der Waals surface area contributed by atoms with Crippen molar-refractivity contribution in [2.45, 2.75) is 3.23 Å². The zero-order chi connectivity index (χ0) is 9.35. The van der Waals surface area contributed by atoms with E-state index in [0.717, 1.165) is 0 Å². The maximum absolute atomic E-state index is 11.0. The Kier molecular flexibility index (Phi) is 2.52. The average Bonchev–Trinajstić information content (AvgIpc) is 2.27. The number of esters is 1. The van der Waals surface area contributed by atoms with Gasteiger partial charge in [-0.15, -0.1) is 0 Å². The topological polar surface area (TPSA) is 67.8 Å². The van der Waals surface area contributed by atoms with Gasteiger partial charge in [-0.1, -0.05) is 31.9 Å². The fourth-order valence-corrected chi connectivity index (χ4v) is 1.30. The highest BCUT2D eigenvalue weighted by molar-refractivity contribution is 9.26. The second-order valence-electron chi connectivity index (χ2n) is 1.97. The summed E-state index contributed by atoms with van der Waals surface area (Å²) in [6.07, 6.45) is 0. The summed E-state index contributed by atoms with van der Waals surface area (Å²) in [5.41, 5.74) is 2.08. The van der Waals surface area contributed by atoms with Gasteiger partial charge in [0.05, 0.1) is 7.11 Å². The Hall–Kier alpha value is -0.430. The van der Waals surface area contributed by atoms with E-state index in [1.165, 1.54) is 7.11 Å². The zero-order valence-corrected chi connectivity index (χ0v) is 9.10. The number of nitrogens with one attached hydrogen (secondary N) is 1. The van der Waals surface area contributed by atoms with Crippen LogP contribution in [-0.4, -0.2) is 27.9 Å². The van der Waals surface area contributed by atoms with Crippen LogP contribution in [0.25, 0.3) is 0 Å². The van der Waals surface area contributed by atoms with Crippen molar-refractivity contribution in [1.82, 2.24) is 5.43 Å². The smallest absolute Gasteiger partial charge is 0.357 e. The fraction of sp³-hybridized carbons (Fsp3) is 0.400. The van der Waals surface area contributed by atoms with E-state index >= 15 is 0 Å². The number of amides is 1. The molecule has 0 bridgehead atoms. The first-order valence-corrected chi connectivity index (χ1v) is 4.43. The monoisotopic (exact) mass is 298 g/mol. The van der Waals surface area contributed by atoms with Crippen molar-refractivity contribution in [3.8, 4) is 0 Å². The first kappa shape index (κ1) is 9.66. The van der Waals surface area contributed by atoms with Crippen molar-refractivity contribution < 1.29 is 14.3 Å². The fourth-order valence-electron chi connectivity index (χ4n) is 0.625. The molecule has 1 heterocycles. The van der Waals surface area contributed by atoms with Crippen LogP contribution in [0.3, 0.4) is 0 Å². The minimum atomic E-state index is -1.26. The molecule has 1 aliphatic rings. The van der Waals surface area contributed by atoms with E-state index in [-0.39, 0.29) is 5.71 Å². The molecule has 0 atom stereocenters. The van der Waals surface area contributed by atoms with E-state index < -0.39 is 15.1 Å². The third kappa shape index (κ3) is 1.38. The van der Waals surface area contributed by atoms with E-state index in [9.17, 15) is 9.59 Å². The molecule has 0 radical (unpaired) electrons. The summed E-state index contributed by atoms with van der Waals surface area (Å²) in [6, 6.07) is 0. The normalized spacial score (nSPS) is 19.9. The number of hydrazone groups is 1. The molecule has 66 valence electrons. The van der Waals surface area contributed by atoms with Gasteiger partial charge in [0, 0.05) is 0 Å². The second-order valence-corrected chi connectivity index (χ2v) is 5.41. The van der Waals surface area contributed by atoms with E-state index in [4.69, 9.17) is 0 Å². The minimum absolute atomic E-state index is 0.0463. The maximum Gasteiger partial charge on any atom is 0.357 e. The van der Waals surface area contributed by atoms with Crippen LogP contribution in [0.5, 0.6) is 0 Å². The lowest BCUT2D eigenvalue weighted by Gasteiger charge is -2.09. The highest BCUT2D eigenvalue weighted by Crippen LogP contribution is 2.31. The molecule has 0 aromatic carbocycles. The number of alkyl halides is 2. The summed E-state index contributed by atoms with van der Waals surface area (Å²) in [5, 5.41) is 3.49. The molecule has 12 heavy (non-hydrogen) atoms. The molecule has 5 nitrogen and oxygen atoms in total. The van der Waals surface area contributed by atoms with Crippen LogP contribution in [0.4, 0.5) is 0 Å². The summed E-state index contributed by atoms with van der Waals surface area (Å²) in [7, 11) is 1.21. The molecule has 1 N–H and O–H groups in total. The van der Waals surface area contributed by atoms with Crippen LogP contribution in [-0.2, 0) is 14.3 Å². The Morgan fingerprint density at radius 3 is 2.58 bits per heavy atom. The minimum Gasteiger partial charge on any atom is -0.464 e. The van der Waals surface area contributed by atoms with E-state index in [0.29, 0.717) is 0 Å². The number of hydrogen-bond donors (Lipinski definition) is 1. The first-order chi connectivity index (χ1) is 5.50. The van der Waals surface area contributed by atoms with Crippen LogP contribution in [0.15, 0.2) is 5.10 Å². The van der Waals surface area contributed by atoms with Crippen molar-refractivity contribution in [3.63, 3.8) is 0 Å². The Labute approximate surface area is 84.8 Å². The van der Waals surface area contributed by atoms with Gasteiger partial charge in [-0.2, -0.15) is 5.10 Å². The van der Waals surface area contributed by atoms with Gasteiger partial charge in [0.2, 0.25) is 3.23 Å². The van der Waals surface area contributed by atoms with Crippen LogP contribution in [0.2, 0.25) is 0 Å². The standard InChI is InChI=1S/C5H4Br2N2O3/c1-12-3(10)2-5(6,7)4(11)9-8-2/h1H3,(H,9,11). The van der Waals surface area contributed by atoms with Crippen LogP contribution in [0, 0.1) is 0 Å². The van der Waals surface area contributed by atoms with Gasteiger partial charge in [0.1, 0.15) is 0 Å². The average molecular weight is 300 g/mol. The number of rotatable bonds is 1. The largest absolute Gasteiger partial charge is 0.464 e.